The average Bonchev–Trinajstić information content (AvgIpc) is 3.36. The highest BCUT2D eigenvalue weighted by molar-refractivity contribution is 9.10. The monoisotopic (exact) mass is 964 g/mol. The molecule has 2 aliphatic heterocycles. The summed E-state index contributed by atoms with van der Waals surface area (Å²) in [5, 5.41) is 0.375. The van der Waals surface area contributed by atoms with Crippen LogP contribution in [0.5, 0.6) is 0 Å². The first kappa shape index (κ1) is 54.6. The van der Waals surface area contributed by atoms with Crippen LogP contribution >= 0.6 is 59.9 Å². The molecule has 0 aliphatic carbocycles. The molecular weight excluding hydrogens is 910 g/mol. The van der Waals surface area contributed by atoms with Crippen LogP contribution in [0.25, 0.3) is 0 Å². The van der Waals surface area contributed by atoms with Crippen molar-refractivity contribution in [1.29, 1.82) is 1.34 Å². The summed E-state index contributed by atoms with van der Waals surface area (Å²) >= 11 is 20.5. The van der Waals surface area contributed by atoms with Crippen molar-refractivity contribution in [3.05, 3.63) is 56.7 Å². The van der Waals surface area contributed by atoms with Gasteiger partial charge in [0, 0.05) is 34.0 Å². The SMILES string of the molecule is C.C.C.CC1(C)OB(c2cnc(Cl)c(N(S(C)(=O)=O)S(C)(=O)=O)c2)OC1(C)C.CC1(C)OB(c2cnc(Cl)c(N)c2)OC1(C)C.Nc1cc(Br)cnc1Cl.[2H][B]P. The molecule has 3 aromatic heterocycles. The van der Waals surface area contributed by atoms with Gasteiger partial charge in [-0.25, -0.2) is 31.8 Å². The third-order valence-electron chi connectivity index (χ3n) is 8.41. The number of sulfonamides is 2. The maximum atomic E-state index is 12.0. The van der Waals surface area contributed by atoms with Gasteiger partial charge < -0.3 is 30.1 Å². The number of nitrogens with zero attached hydrogens (tertiary/aromatic N) is 4. The second kappa shape index (κ2) is 21.2. The fraction of sp³-hybridized carbons (Fsp3) is 0.531. The van der Waals surface area contributed by atoms with Crippen molar-refractivity contribution in [2.45, 2.75) is 100 Å². The molecule has 0 spiro atoms. The Hall–Kier alpha value is -1.44. The van der Waals surface area contributed by atoms with Crippen molar-refractivity contribution in [2.75, 3.05) is 27.7 Å². The van der Waals surface area contributed by atoms with Crippen molar-refractivity contribution in [1.82, 2.24) is 15.0 Å². The van der Waals surface area contributed by atoms with Gasteiger partial charge in [0.1, 0.15) is 13.2 Å². The summed E-state index contributed by atoms with van der Waals surface area (Å²) in [7, 11) is -6.29. The Morgan fingerprint density at radius 2 is 1.00 bits per heavy atom. The van der Waals surface area contributed by atoms with E-state index in [0.29, 0.717) is 27.1 Å². The second-order valence-corrected chi connectivity index (χ2v) is 19.5. The summed E-state index contributed by atoms with van der Waals surface area (Å²) < 4.78 is 78.5. The lowest BCUT2D eigenvalue weighted by Crippen LogP contribution is -2.41. The molecule has 5 rings (SSSR count). The molecule has 4 N–H and O–H groups in total. The molecule has 1 radical (unpaired) electrons. The number of rotatable bonds is 5. The number of nitrogen functional groups attached to an aromatic ring is 2. The molecule has 3 aromatic rings. The average molecular weight is 967 g/mol. The second-order valence-electron chi connectivity index (χ2n) is 13.7. The van der Waals surface area contributed by atoms with Crippen LogP contribution in [-0.2, 0) is 38.7 Å². The minimum atomic E-state index is -4.14. The van der Waals surface area contributed by atoms with Gasteiger partial charge in [0.05, 0.1) is 46.3 Å². The largest absolute Gasteiger partial charge is 0.496 e. The fourth-order valence-electron chi connectivity index (χ4n) is 4.32. The third-order valence-corrected chi connectivity index (χ3v) is 13.0. The normalized spacial score (nSPS) is 17.3. The molecule has 24 heteroatoms. The summed E-state index contributed by atoms with van der Waals surface area (Å²) in [5.41, 5.74) is 10.9. The highest BCUT2D eigenvalue weighted by atomic mass is 79.9. The van der Waals surface area contributed by atoms with Gasteiger partial charge in [0.25, 0.3) is 0 Å². The molecular formula is C32H55B3BrCl3N6O8PS2. The molecule has 1 unspecified atom stereocenters. The molecule has 1 atom stereocenters. The van der Waals surface area contributed by atoms with E-state index in [1.54, 1.807) is 24.5 Å². The van der Waals surface area contributed by atoms with E-state index < -0.39 is 45.5 Å². The zero-order valence-corrected chi connectivity index (χ0v) is 37.5. The summed E-state index contributed by atoms with van der Waals surface area (Å²) in [6.45, 7) is 15.4. The van der Waals surface area contributed by atoms with Gasteiger partial charge in [0.2, 0.25) is 20.0 Å². The fourth-order valence-corrected chi connectivity index (χ4v) is 8.12. The predicted octanol–water partition coefficient (Wildman–Crippen LogP) is 6.04. The number of nitrogens with two attached hydrogens (primary N) is 2. The molecule has 0 saturated carbocycles. The Bertz CT molecular complexity index is 1970. The molecule has 2 fully saturated rings. The first-order valence-electron chi connectivity index (χ1n) is 15.9. The Kier molecular flexibility index (Phi) is 20.7. The van der Waals surface area contributed by atoms with E-state index in [-0.39, 0.29) is 48.0 Å². The Morgan fingerprint density at radius 3 is 1.30 bits per heavy atom. The van der Waals surface area contributed by atoms with Crippen LogP contribution in [0.1, 0.15) is 77.7 Å². The van der Waals surface area contributed by atoms with Gasteiger partial charge in [-0.1, -0.05) is 57.1 Å². The minimum Gasteiger partial charge on any atom is -0.399 e. The van der Waals surface area contributed by atoms with E-state index >= 15 is 0 Å². The van der Waals surface area contributed by atoms with E-state index in [1.165, 1.54) is 19.8 Å². The smallest absolute Gasteiger partial charge is 0.399 e. The van der Waals surface area contributed by atoms with Gasteiger partial charge in [-0.3, -0.25) is 0 Å². The number of aromatic nitrogens is 3. The number of anilines is 3. The minimum absolute atomic E-state index is 0. The van der Waals surface area contributed by atoms with E-state index in [2.05, 4.69) is 40.0 Å². The molecule has 2 aliphatic rings. The van der Waals surface area contributed by atoms with Crippen LogP contribution < -0.4 is 26.1 Å². The number of halogens is 4. The van der Waals surface area contributed by atoms with Crippen molar-refractivity contribution in [3.63, 3.8) is 0 Å². The molecule has 14 nitrogen and oxygen atoms in total. The zero-order chi connectivity index (χ0) is 41.8. The maximum Gasteiger partial charge on any atom is 0.496 e. The van der Waals surface area contributed by atoms with Crippen LogP contribution in [0.15, 0.2) is 41.3 Å². The lowest BCUT2D eigenvalue weighted by atomic mass is 9.80. The summed E-state index contributed by atoms with van der Waals surface area (Å²) in [4.78, 5) is 11.7. The molecule has 2 saturated heterocycles. The summed E-state index contributed by atoms with van der Waals surface area (Å²) in [5.74, 6) is 0. The highest BCUT2D eigenvalue weighted by Gasteiger charge is 2.53. The lowest BCUT2D eigenvalue weighted by Gasteiger charge is -2.32. The Balaban J connectivity index is 0. The number of hydrogen-bond acceptors (Lipinski definition) is 13. The van der Waals surface area contributed by atoms with Crippen LogP contribution in [0, 0.1) is 0 Å². The van der Waals surface area contributed by atoms with Crippen LogP contribution in [0.3, 0.4) is 0 Å². The van der Waals surface area contributed by atoms with Gasteiger partial charge in [-0.15, -0.1) is 0 Å². The molecule has 0 bridgehead atoms. The molecule has 315 valence electrons. The van der Waals surface area contributed by atoms with E-state index in [1.807, 2.05) is 55.4 Å². The topological polar surface area (TPSA) is 199 Å². The Labute approximate surface area is 363 Å². The van der Waals surface area contributed by atoms with E-state index in [4.69, 9.17) is 66.2 Å². The highest BCUT2D eigenvalue weighted by Crippen LogP contribution is 2.38. The molecule has 0 amide bonds. The van der Waals surface area contributed by atoms with Crippen molar-refractivity contribution in [3.8, 4) is 0 Å². The number of pyridine rings is 3. The number of hydrogen-bond donors (Lipinski definition) is 2. The molecule has 0 aromatic carbocycles. The lowest BCUT2D eigenvalue weighted by molar-refractivity contribution is 0.00578. The van der Waals surface area contributed by atoms with Crippen molar-refractivity contribution in [2.24, 2.45) is 0 Å². The van der Waals surface area contributed by atoms with Crippen LogP contribution in [0.4, 0.5) is 17.1 Å². The van der Waals surface area contributed by atoms with Crippen molar-refractivity contribution >= 4 is 130 Å². The van der Waals surface area contributed by atoms with Crippen LogP contribution in [0.2, 0.25) is 15.5 Å². The van der Waals surface area contributed by atoms with E-state index in [0.717, 1.165) is 22.4 Å². The molecule has 5 heterocycles. The molecule has 56 heavy (non-hydrogen) atoms. The van der Waals surface area contributed by atoms with E-state index in [9.17, 15) is 16.8 Å². The van der Waals surface area contributed by atoms with Crippen molar-refractivity contribution < 1.29 is 35.5 Å². The van der Waals surface area contributed by atoms with Gasteiger partial charge in [-0.05, 0) is 90.9 Å². The predicted molar refractivity (Wildman–Crippen MR) is 245 cm³/mol. The first-order chi connectivity index (χ1) is 24.4. The quantitative estimate of drug-likeness (QED) is 0.171. The zero-order valence-electron chi connectivity index (χ0n) is 31.8. The summed E-state index contributed by atoms with van der Waals surface area (Å²) in [6.07, 6.45) is 6.12. The van der Waals surface area contributed by atoms with Gasteiger partial charge in [-0.2, -0.15) is 12.8 Å². The Morgan fingerprint density at radius 1 is 0.696 bits per heavy atom. The van der Waals surface area contributed by atoms with Crippen LogP contribution in [-0.4, -0.2) is 89.8 Å². The summed E-state index contributed by atoms with van der Waals surface area (Å²) in [6, 6.07) is 4.73. The van der Waals surface area contributed by atoms with Gasteiger partial charge >= 0.3 is 14.2 Å². The first-order valence-corrected chi connectivity index (χ1v) is 21.7. The standard InChI is InChI=1S/C13H20BClN2O6S2.C11H16BClN2O2.C5H4BrClN2.3CH4.BH3P/c1-12(2)13(3,4)23-14(22-12)9-7-10(11(15)16-8-9)17(24(5,18)19)25(6,20)21;1-10(2)11(3,4)17-12(16-10)7-5-8(14)9(13)15-6-7;6-3-1-4(8)5(7)9-2-3;;;;1-2/h7-8H,1-6H3;5-6H,14H2,1-4H3;1-2H,8H2;3*1H4;1H,2H2/i;;;;;;1D. The third kappa shape index (κ3) is 14.1. The van der Waals surface area contributed by atoms with Gasteiger partial charge in [0.15, 0.2) is 15.5 Å². The maximum absolute atomic E-state index is 12.0.